The van der Waals surface area contributed by atoms with Gasteiger partial charge in [0.25, 0.3) is 17.5 Å². The summed E-state index contributed by atoms with van der Waals surface area (Å²) in [6.07, 6.45) is 1.24. The Bertz CT molecular complexity index is 1450. The van der Waals surface area contributed by atoms with Gasteiger partial charge in [0.2, 0.25) is 0 Å². The second-order valence-electron chi connectivity index (χ2n) is 6.92. The van der Waals surface area contributed by atoms with Gasteiger partial charge in [0, 0.05) is 18.3 Å². The van der Waals surface area contributed by atoms with Crippen LogP contribution in [0.1, 0.15) is 26.4 Å². The van der Waals surface area contributed by atoms with Crippen molar-refractivity contribution in [3.63, 3.8) is 0 Å². The van der Waals surface area contributed by atoms with Crippen LogP contribution in [-0.2, 0) is 0 Å². The third-order valence-corrected chi connectivity index (χ3v) is 5.10. The van der Waals surface area contributed by atoms with Crippen molar-refractivity contribution >= 4 is 34.2 Å². The molecule has 1 aliphatic rings. The molecule has 31 heavy (non-hydrogen) atoms. The zero-order valence-electron chi connectivity index (χ0n) is 15.9. The Labute approximate surface area is 173 Å². The molecule has 0 atom stereocenters. The number of aryl methyl sites for hydroxylation is 1. The number of nitro benzene ring substituents is 1. The number of rotatable bonds is 3. The van der Waals surface area contributed by atoms with E-state index in [1.54, 1.807) is 19.1 Å². The predicted molar refractivity (Wildman–Crippen MR) is 108 cm³/mol. The van der Waals surface area contributed by atoms with Gasteiger partial charge in [0.05, 0.1) is 32.8 Å². The monoisotopic (exact) mass is 417 g/mol. The fourth-order valence-electron chi connectivity index (χ4n) is 3.73. The first-order chi connectivity index (χ1) is 14.9. The van der Waals surface area contributed by atoms with E-state index in [1.165, 1.54) is 41.2 Å². The van der Waals surface area contributed by atoms with E-state index in [1.807, 2.05) is 0 Å². The van der Waals surface area contributed by atoms with Crippen LogP contribution in [0.15, 0.2) is 54.7 Å². The molecule has 0 radical (unpaired) electrons. The van der Waals surface area contributed by atoms with E-state index in [-0.39, 0.29) is 33.8 Å². The maximum Gasteiger partial charge on any atom is 0.271 e. The summed E-state index contributed by atoms with van der Waals surface area (Å²) in [5.74, 6) is -1.81. The van der Waals surface area contributed by atoms with Crippen molar-refractivity contribution in [1.29, 1.82) is 0 Å². The standard InChI is InChI=1S/C21H12FN5O4/c1-11-17-18-14(10-23-19(17)26(24-11)16-8-3-2-7-15(16)22)20(28)25(21(18)29)12-5-4-6-13(9-12)27(30)31/h2-10H,1H3. The lowest BCUT2D eigenvalue weighted by atomic mass is 10.1. The number of benzene rings is 2. The number of halogens is 1. The van der Waals surface area contributed by atoms with Crippen LogP contribution < -0.4 is 4.90 Å². The van der Waals surface area contributed by atoms with E-state index in [0.29, 0.717) is 11.1 Å². The fourth-order valence-corrected chi connectivity index (χ4v) is 3.73. The van der Waals surface area contributed by atoms with Gasteiger partial charge in [-0.25, -0.2) is 19.0 Å². The van der Waals surface area contributed by atoms with E-state index < -0.39 is 22.6 Å². The van der Waals surface area contributed by atoms with E-state index in [4.69, 9.17) is 0 Å². The Balaban J connectivity index is 1.71. The van der Waals surface area contributed by atoms with Crippen molar-refractivity contribution in [1.82, 2.24) is 14.8 Å². The highest BCUT2D eigenvalue weighted by Crippen LogP contribution is 2.35. The molecule has 0 N–H and O–H groups in total. The third kappa shape index (κ3) is 2.61. The third-order valence-electron chi connectivity index (χ3n) is 5.10. The number of non-ortho nitro benzene ring substituents is 1. The largest absolute Gasteiger partial charge is 0.271 e. The number of hydrogen-bond acceptors (Lipinski definition) is 6. The van der Waals surface area contributed by atoms with Crippen LogP contribution in [0.3, 0.4) is 0 Å². The second-order valence-corrected chi connectivity index (χ2v) is 6.92. The number of carbonyl (C=O) groups excluding carboxylic acids is 2. The topological polar surface area (TPSA) is 111 Å². The predicted octanol–water partition coefficient (Wildman–Crippen LogP) is 3.58. The molecule has 0 saturated heterocycles. The number of amides is 2. The van der Waals surface area contributed by atoms with Gasteiger partial charge in [0.1, 0.15) is 11.5 Å². The van der Waals surface area contributed by atoms with Gasteiger partial charge in [0.15, 0.2) is 5.65 Å². The molecule has 2 aromatic carbocycles. The highest BCUT2D eigenvalue weighted by atomic mass is 19.1. The van der Waals surface area contributed by atoms with E-state index in [9.17, 15) is 24.1 Å². The van der Waals surface area contributed by atoms with Gasteiger partial charge in [-0.1, -0.05) is 18.2 Å². The van der Waals surface area contributed by atoms with Crippen LogP contribution in [0, 0.1) is 22.9 Å². The number of nitrogens with zero attached hydrogens (tertiary/aromatic N) is 5. The maximum absolute atomic E-state index is 14.3. The Hall–Kier alpha value is -4.47. The first kappa shape index (κ1) is 18.6. The molecule has 0 fully saturated rings. The van der Waals surface area contributed by atoms with Gasteiger partial charge < -0.3 is 0 Å². The molecule has 2 amide bonds. The summed E-state index contributed by atoms with van der Waals surface area (Å²) in [5, 5.41) is 15.8. The maximum atomic E-state index is 14.3. The molecule has 0 aliphatic carbocycles. The number of fused-ring (bicyclic) bond motifs is 3. The Kier molecular flexibility index (Phi) is 3.90. The summed E-state index contributed by atoms with van der Waals surface area (Å²) in [6, 6.07) is 11.3. The zero-order valence-corrected chi connectivity index (χ0v) is 15.9. The van der Waals surface area contributed by atoms with Crippen LogP contribution in [-0.4, -0.2) is 31.5 Å². The fraction of sp³-hybridized carbons (Fsp3) is 0.0476. The van der Waals surface area contributed by atoms with Crippen molar-refractivity contribution in [3.05, 3.63) is 87.5 Å². The highest BCUT2D eigenvalue weighted by molar-refractivity contribution is 6.37. The SMILES string of the molecule is Cc1nn(-c2ccccc2F)c2ncc3c(c12)C(=O)N(c1cccc([N+](=O)[O-])c1)C3=O. The normalized spacial score (nSPS) is 13.2. The quantitative estimate of drug-likeness (QED) is 0.286. The summed E-state index contributed by atoms with van der Waals surface area (Å²) < 4.78 is 15.6. The summed E-state index contributed by atoms with van der Waals surface area (Å²) in [6.45, 7) is 1.63. The highest BCUT2D eigenvalue weighted by Gasteiger charge is 2.40. The number of pyridine rings is 1. The smallest absolute Gasteiger partial charge is 0.268 e. The lowest BCUT2D eigenvalue weighted by molar-refractivity contribution is -0.384. The molecule has 10 heteroatoms. The number of nitro groups is 1. The molecule has 0 saturated carbocycles. The number of para-hydroxylation sites is 1. The van der Waals surface area contributed by atoms with Crippen molar-refractivity contribution in [2.24, 2.45) is 0 Å². The zero-order chi connectivity index (χ0) is 21.9. The number of carbonyl (C=O) groups is 2. The number of hydrogen-bond donors (Lipinski definition) is 0. The minimum absolute atomic E-state index is 0.0557. The Morgan fingerprint density at radius 3 is 2.58 bits per heavy atom. The van der Waals surface area contributed by atoms with Crippen LogP contribution in [0.25, 0.3) is 16.7 Å². The second kappa shape index (κ2) is 6.52. The Morgan fingerprint density at radius 2 is 1.84 bits per heavy atom. The first-order valence-electron chi connectivity index (χ1n) is 9.15. The first-order valence-corrected chi connectivity index (χ1v) is 9.15. The molecule has 4 aromatic rings. The molecule has 5 rings (SSSR count). The number of anilines is 1. The number of aromatic nitrogens is 3. The lowest BCUT2D eigenvalue weighted by Gasteiger charge is -2.13. The summed E-state index contributed by atoms with van der Waals surface area (Å²) in [5.41, 5.74) is 0.740. The van der Waals surface area contributed by atoms with Crippen molar-refractivity contribution in [2.45, 2.75) is 6.92 Å². The average molecular weight is 417 g/mol. The number of imide groups is 1. The van der Waals surface area contributed by atoms with Crippen LogP contribution in [0.5, 0.6) is 0 Å². The Morgan fingerprint density at radius 1 is 1.06 bits per heavy atom. The van der Waals surface area contributed by atoms with E-state index in [2.05, 4.69) is 10.1 Å². The minimum Gasteiger partial charge on any atom is -0.268 e. The van der Waals surface area contributed by atoms with Crippen molar-refractivity contribution < 1.29 is 18.9 Å². The van der Waals surface area contributed by atoms with Gasteiger partial charge >= 0.3 is 0 Å². The molecule has 0 bridgehead atoms. The molecule has 0 spiro atoms. The van der Waals surface area contributed by atoms with Crippen LogP contribution in [0.2, 0.25) is 0 Å². The summed E-state index contributed by atoms with van der Waals surface area (Å²) in [7, 11) is 0. The molecule has 2 aromatic heterocycles. The molecule has 152 valence electrons. The van der Waals surface area contributed by atoms with Gasteiger partial charge in [-0.3, -0.25) is 19.7 Å². The van der Waals surface area contributed by atoms with Crippen molar-refractivity contribution in [2.75, 3.05) is 4.90 Å². The molecular weight excluding hydrogens is 405 g/mol. The lowest BCUT2D eigenvalue weighted by Crippen LogP contribution is -2.29. The molecule has 9 nitrogen and oxygen atoms in total. The van der Waals surface area contributed by atoms with Crippen LogP contribution in [0.4, 0.5) is 15.8 Å². The van der Waals surface area contributed by atoms with E-state index in [0.717, 1.165) is 11.0 Å². The van der Waals surface area contributed by atoms with Gasteiger partial charge in [-0.2, -0.15) is 5.10 Å². The molecule has 1 aliphatic heterocycles. The average Bonchev–Trinajstić information content (AvgIpc) is 3.22. The van der Waals surface area contributed by atoms with Gasteiger partial charge in [-0.05, 0) is 25.1 Å². The molecular formula is C21H12FN5O4. The van der Waals surface area contributed by atoms with E-state index >= 15 is 0 Å². The van der Waals surface area contributed by atoms with Crippen LogP contribution >= 0.6 is 0 Å². The molecule has 0 unspecified atom stereocenters. The van der Waals surface area contributed by atoms with Gasteiger partial charge in [-0.15, -0.1) is 0 Å². The summed E-state index contributed by atoms with van der Waals surface area (Å²) >= 11 is 0. The van der Waals surface area contributed by atoms with Crippen molar-refractivity contribution in [3.8, 4) is 5.69 Å². The molecule has 3 heterocycles. The summed E-state index contributed by atoms with van der Waals surface area (Å²) in [4.78, 5) is 41.9. The minimum atomic E-state index is -0.649.